The van der Waals surface area contributed by atoms with Gasteiger partial charge in [0.1, 0.15) is 11.8 Å². The van der Waals surface area contributed by atoms with Gasteiger partial charge in [-0.05, 0) is 35.2 Å². The normalized spacial score (nSPS) is 13.7. The summed E-state index contributed by atoms with van der Waals surface area (Å²) in [4.78, 5) is 19.4. The average molecular weight is 567 g/mol. The van der Waals surface area contributed by atoms with Crippen molar-refractivity contribution in [1.82, 2.24) is 9.97 Å². The van der Waals surface area contributed by atoms with E-state index in [0.29, 0.717) is 28.9 Å². The molecule has 8 nitrogen and oxygen atoms in total. The van der Waals surface area contributed by atoms with Crippen LogP contribution < -0.4 is 20.9 Å². The maximum atomic E-state index is 14.1. The second kappa shape index (κ2) is 12.3. The summed E-state index contributed by atoms with van der Waals surface area (Å²) in [5.74, 6) is -1.52. The fourth-order valence-electron chi connectivity index (χ4n) is 4.52. The van der Waals surface area contributed by atoms with Gasteiger partial charge in [-0.2, -0.15) is 18.2 Å². The van der Waals surface area contributed by atoms with E-state index in [4.69, 9.17) is 20.9 Å². The van der Waals surface area contributed by atoms with Crippen molar-refractivity contribution < 1.29 is 32.5 Å². The molecule has 4 rings (SSSR count). The molecule has 3 aromatic carbocycles. The molecule has 0 saturated carbocycles. The molecule has 0 fully saturated rings. The summed E-state index contributed by atoms with van der Waals surface area (Å²) >= 11 is 0. The van der Waals surface area contributed by atoms with Crippen LogP contribution in [0.3, 0.4) is 0 Å². The maximum Gasteiger partial charge on any atom is 0.429 e. The van der Waals surface area contributed by atoms with Crippen LogP contribution in [-0.2, 0) is 4.79 Å². The molecule has 0 saturated heterocycles. The number of methoxy groups -OCH3 is 1. The first-order valence-electron chi connectivity index (χ1n) is 12.7. The second-order valence-electron chi connectivity index (χ2n) is 9.34. The summed E-state index contributed by atoms with van der Waals surface area (Å²) in [6.07, 6.45) is -6.56. The molecule has 0 spiro atoms. The number of carboxylic acid groups (broad SMARTS) is 1. The third kappa shape index (κ3) is 6.93. The number of ether oxygens (including phenoxy) is 2. The second-order valence-corrected chi connectivity index (χ2v) is 9.34. The summed E-state index contributed by atoms with van der Waals surface area (Å²) in [6, 6.07) is 20.0. The summed E-state index contributed by atoms with van der Waals surface area (Å²) in [5.41, 5.74) is 14.5. The number of aromatic nitrogens is 2. The van der Waals surface area contributed by atoms with Crippen LogP contribution in [0.25, 0.3) is 22.4 Å². The lowest BCUT2D eigenvalue weighted by molar-refractivity contribution is -0.198. The van der Waals surface area contributed by atoms with Gasteiger partial charge in [-0.1, -0.05) is 67.6 Å². The van der Waals surface area contributed by atoms with Crippen molar-refractivity contribution in [3.8, 4) is 34.0 Å². The summed E-state index contributed by atoms with van der Waals surface area (Å²) < 4.78 is 53.0. The summed E-state index contributed by atoms with van der Waals surface area (Å²) in [7, 11) is 1.54. The van der Waals surface area contributed by atoms with E-state index in [1.54, 1.807) is 54.6 Å². The van der Waals surface area contributed by atoms with E-state index < -0.39 is 30.2 Å². The average Bonchev–Trinajstić information content (AvgIpc) is 2.96. The lowest BCUT2D eigenvalue weighted by Gasteiger charge is -2.22. The first-order chi connectivity index (χ1) is 19.5. The summed E-state index contributed by atoms with van der Waals surface area (Å²) in [5, 5.41) is 9.28. The van der Waals surface area contributed by atoms with Crippen LogP contribution in [0.5, 0.6) is 11.6 Å². The fourth-order valence-corrected chi connectivity index (χ4v) is 4.52. The Morgan fingerprint density at radius 2 is 1.56 bits per heavy atom. The van der Waals surface area contributed by atoms with E-state index in [9.17, 15) is 23.1 Å². The van der Waals surface area contributed by atoms with Crippen molar-refractivity contribution in [1.29, 1.82) is 0 Å². The molecule has 41 heavy (non-hydrogen) atoms. The number of rotatable bonds is 10. The van der Waals surface area contributed by atoms with E-state index in [2.05, 4.69) is 9.97 Å². The molecule has 0 radical (unpaired) electrons. The fraction of sp³-hybridized carbons (Fsp3) is 0.233. The number of nitrogen functional groups attached to an aromatic ring is 1. The highest BCUT2D eigenvalue weighted by molar-refractivity contribution is 5.75. The van der Waals surface area contributed by atoms with Crippen LogP contribution in [0.1, 0.15) is 36.5 Å². The molecule has 1 aromatic heterocycles. The van der Waals surface area contributed by atoms with Gasteiger partial charge in [0, 0.05) is 23.1 Å². The predicted molar refractivity (Wildman–Crippen MR) is 148 cm³/mol. The van der Waals surface area contributed by atoms with Gasteiger partial charge in [0.25, 0.3) is 0 Å². The van der Waals surface area contributed by atoms with E-state index in [-0.39, 0.29) is 23.1 Å². The molecule has 11 heteroatoms. The highest BCUT2D eigenvalue weighted by atomic mass is 19.4. The van der Waals surface area contributed by atoms with E-state index in [1.165, 1.54) is 25.3 Å². The minimum absolute atomic E-state index is 0.118. The third-order valence-electron chi connectivity index (χ3n) is 6.67. The number of anilines is 1. The van der Waals surface area contributed by atoms with Crippen molar-refractivity contribution in [2.45, 2.75) is 37.6 Å². The van der Waals surface area contributed by atoms with Gasteiger partial charge in [0.05, 0.1) is 12.8 Å². The Labute approximate surface area is 234 Å². The Bertz CT molecular complexity index is 1500. The molecule has 4 aromatic rings. The van der Waals surface area contributed by atoms with Gasteiger partial charge >= 0.3 is 12.1 Å². The van der Waals surface area contributed by atoms with Crippen molar-refractivity contribution in [2.75, 3.05) is 12.8 Å². The maximum absolute atomic E-state index is 14.1. The van der Waals surface area contributed by atoms with Crippen LogP contribution in [0.4, 0.5) is 19.1 Å². The largest absolute Gasteiger partial charge is 0.497 e. The van der Waals surface area contributed by atoms with Gasteiger partial charge < -0.3 is 26.0 Å². The monoisotopic (exact) mass is 566 g/mol. The number of carboxylic acids is 1. The lowest BCUT2D eigenvalue weighted by atomic mass is 9.89. The molecule has 0 aliphatic rings. The minimum Gasteiger partial charge on any atom is -0.497 e. The molecule has 3 atom stereocenters. The Balaban J connectivity index is 1.60. The Hall–Kier alpha value is -4.64. The zero-order valence-corrected chi connectivity index (χ0v) is 22.3. The van der Waals surface area contributed by atoms with Gasteiger partial charge in [-0.15, -0.1) is 0 Å². The van der Waals surface area contributed by atoms with Gasteiger partial charge in [0.15, 0.2) is 0 Å². The number of hydrogen-bond acceptors (Lipinski definition) is 7. The van der Waals surface area contributed by atoms with Crippen LogP contribution in [0.15, 0.2) is 78.9 Å². The quantitative estimate of drug-likeness (QED) is 0.213. The molecule has 0 amide bonds. The number of nitrogens with zero attached hydrogens (tertiary/aromatic N) is 2. The molecule has 0 aliphatic heterocycles. The van der Waals surface area contributed by atoms with Gasteiger partial charge in [0.2, 0.25) is 17.9 Å². The third-order valence-corrected chi connectivity index (χ3v) is 6.67. The van der Waals surface area contributed by atoms with E-state index in [0.717, 1.165) is 5.56 Å². The molecule has 2 unspecified atom stereocenters. The predicted octanol–water partition coefficient (Wildman–Crippen LogP) is 5.99. The zero-order chi connectivity index (χ0) is 29.7. The highest BCUT2D eigenvalue weighted by Gasteiger charge is 2.43. The first-order valence-corrected chi connectivity index (χ1v) is 12.7. The molecule has 0 bridgehead atoms. The van der Waals surface area contributed by atoms with Crippen LogP contribution in [0.2, 0.25) is 0 Å². The van der Waals surface area contributed by atoms with E-state index in [1.807, 2.05) is 13.0 Å². The summed E-state index contributed by atoms with van der Waals surface area (Å²) in [6.45, 7) is 1.83. The van der Waals surface area contributed by atoms with E-state index >= 15 is 0 Å². The number of nitrogens with two attached hydrogens (primary N) is 2. The van der Waals surface area contributed by atoms with Gasteiger partial charge in [-0.25, -0.2) is 4.98 Å². The number of halogens is 3. The number of alkyl halides is 3. The van der Waals surface area contributed by atoms with Crippen LogP contribution >= 0.6 is 0 Å². The Morgan fingerprint density at radius 3 is 2.15 bits per heavy atom. The number of benzene rings is 3. The topological polar surface area (TPSA) is 134 Å². The van der Waals surface area contributed by atoms with Gasteiger partial charge in [-0.3, -0.25) is 4.79 Å². The number of hydrogen-bond donors (Lipinski definition) is 3. The number of carbonyl (C=O) groups is 1. The molecular formula is C30H29F3N4O4. The molecule has 1 heterocycles. The molecule has 5 N–H and O–H groups in total. The van der Waals surface area contributed by atoms with Crippen molar-refractivity contribution >= 4 is 11.9 Å². The highest BCUT2D eigenvalue weighted by Crippen LogP contribution is 2.38. The van der Waals surface area contributed by atoms with Crippen LogP contribution in [0, 0.1) is 0 Å². The molecular weight excluding hydrogens is 537 g/mol. The van der Waals surface area contributed by atoms with Crippen molar-refractivity contribution in [3.63, 3.8) is 0 Å². The Kier molecular flexibility index (Phi) is 8.77. The lowest BCUT2D eigenvalue weighted by Crippen LogP contribution is -2.36. The minimum atomic E-state index is -4.75. The zero-order valence-electron chi connectivity index (χ0n) is 22.3. The smallest absolute Gasteiger partial charge is 0.429 e. The first kappa shape index (κ1) is 29.3. The number of aliphatic carboxylic acids is 1. The Morgan fingerprint density at radius 1 is 0.927 bits per heavy atom. The van der Waals surface area contributed by atoms with Crippen molar-refractivity contribution in [2.24, 2.45) is 5.73 Å². The molecule has 214 valence electrons. The van der Waals surface area contributed by atoms with Crippen LogP contribution in [-0.4, -0.2) is 40.4 Å². The standard InChI is InChI=1S/C30H29F3N4O4/c1-3-23(26(34)28(38)39)18-9-11-19(12-10-18)24-16-25(37-29(35)36-24)41-27(30(31,32)33)20-13-7-17(8-14-20)21-5-4-6-22(15-21)40-2/h4-16,23,26-27H,3,34H2,1-2H3,(H,38,39)(H2,35,36,37)/t23?,26?,27-/m1/s1. The van der Waals surface area contributed by atoms with Crippen molar-refractivity contribution in [3.05, 3.63) is 90.0 Å². The SMILES string of the molecule is CCC(c1ccc(-c2cc(O[C@H](c3ccc(-c4cccc(OC)c4)cc3)C(F)(F)F)nc(N)n2)cc1)C(N)C(=O)O. The molecule has 0 aliphatic carbocycles.